The fourth-order valence-corrected chi connectivity index (χ4v) is 9.12. The molecule has 2 rings (SSSR count). The van der Waals surface area contributed by atoms with E-state index in [4.69, 9.17) is 28.7 Å². The van der Waals surface area contributed by atoms with Gasteiger partial charge >= 0.3 is 0 Å². The number of aliphatic hydroxyl groups excluding tert-OH is 2. The van der Waals surface area contributed by atoms with Crippen molar-refractivity contribution in [3.8, 4) is 0 Å². The third kappa shape index (κ3) is 28.0. The van der Waals surface area contributed by atoms with Crippen LogP contribution in [0.1, 0.15) is 124 Å². The molecule has 13 atom stereocenters. The topological polar surface area (TPSA) is 491 Å². The van der Waals surface area contributed by atoms with Crippen LogP contribution in [0, 0.1) is 11.8 Å². The van der Waals surface area contributed by atoms with Crippen molar-refractivity contribution in [2.24, 2.45) is 40.5 Å². The van der Waals surface area contributed by atoms with Gasteiger partial charge in [0.15, 0.2) is 0 Å². The van der Waals surface area contributed by atoms with Gasteiger partial charge in [0.25, 0.3) is 0 Å². The largest absolute Gasteiger partial charge is 0.391 e. The molecule has 30 heteroatoms. The molecule has 1 aliphatic rings. The van der Waals surface area contributed by atoms with Crippen molar-refractivity contribution >= 4 is 65.0 Å². The molecule has 1 aromatic rings. The van der Waals surface area contributed by atoms with Crippen molar-refractivity contribution in [1.82, 2.24) is 58.5 Å². The number of carbonyl (C=O) groups excluding carboxylic acids is 11. The van der Waals surface area contributed by atoms with Crippen LogP contribution >= 0.6 is 0 Å². The predicted molar refractivity (Wildman–Crippen MR) is 316 cm³/mol. The van der Waals surface area contributed by atoms with Crippen LogP contribution < -0.4 is 87.2 Å². The van der Waals surface area contributed by atoms with Gasteiger partial charge in [0, 0.05) is 36.5 Å². The first-order chi connectivity index (χ1) is 40.3. The molecule has 86 heavy (non-hydrogen) atoms. The molecule has 0 aliphatic carbocycles. The van der Waals surface area contributed by atoms with E-state index in [1.54, 1.807) is 44.2 Å². The second kappa shape index (κ2) is 41.7. The Morgan fingerprint density at radius 1 is 0.570 bits per heavy atom. The van der Waals surface area contributed by atoms with Crippen LogP contribution in [0.3, 0.4) is 0 Å². The Hall–Kier alpha value is -6.37. The van der Waals surface area contributed by atoms with E-state index >= 15 is 0 Å². The average molecular weight is 1270 g/mol. The summed E-state index contributed by atoms with van der Waals surface area (Å²) in [6.07, 6.45) is -1.05. The summed E-state index contributed by atoms with van der Waals surface area (Å²) in [5.74, 6) is -9.45. The third-order valence-electron chi connectivity index (χ3n) is 14.3. The first-order valence-corrected chi connectivity index (χ1v) is 29.5. The molecule has 29 nitrogen and oxygen atoms in total. The molecule has 11 amide bonds. The molecule has 1 aromatic carbocycles. The molecule has 23 N–H and O–H groups in total. The first-order valence-electron chi connectivity index (χ1n) is 29.5. The third-order valence-corrected chi connectivity index (χ3v) is 14.3. The van der Waals surface area contributed by atoms with Crippen molar-refractivity contribution in [2.45, 2.75) is 198 Å². The zero-order valence-corrected chi connectivity index (χ0v) is 51.4. The quantitative estimate of drug-likeness (QED) is 0.0263. The van der Waals surface area contributed by atoms with E-state index in [0.717, 1.165) is 19.3 Å². The Labute approximate surface area is 514 Å². The molecule has 0 saturated carbocycles. The molecular formula is C56H98CuN16O13. The molecule has 1 radical (unpaired) electrons. The summed E-state index contributed by atoms with van der Waals surface area (Å²) in [6, 6.07) is -6.23. The van der Waals surface area contributed by atoms with Gasteiger partial charge in [0.1, 0.15) is 60.4 Å². The Bertz CT molecular complexity index is 2320. The fourth-order valence-electron chi connectivity index (χ4n) is 9.12. The van der Waals surface area contributed by atoms with Crippen LogP contribution in [-0.2, 0) is 76.2 Å². The molecule has 1 fully saturated rings. The number of carbonyl (C=O) groups is 11. The number of hydrogen-bond acceptors (Lipinski definition) is 18. The standard InChI is InChI=1S/C56H98N16O13.Cu/c1-7-32(4)13-11-12-16-44(75)63-36(17-23-57)51(80)72-46(34(6)74)56(85)68-39(20-26-60)48(77)67-41-22-28-62-55(84)45(33(5)73)71-52(81)40(21-27-61)65-47(76)37(18-24-58)66-53(82)42(29-31(2)3)69-54(83)43(30-35-14-9-8-10-15-35)70-49(78)38(19-25-59)64-50(41)79;/h8-10,14-15,31-34,36-43,45-46,73-74H,7,11-13,16-30,57-61H2,1-6H3,(H,62,84)(H,63,75)(H,64,79)(H,65,76)(H,66,82)(H,67,77)(H,68,85)(H,69,83)(H,70,78)(H,71,81)(H,72,80);/t32?,33-,34-,36+,37+,38+,39+,40+,41+,42+,43-,45+,46+;/m1./s1. The van der Waals surface area contributed by atoms with Crippen LogP contribution in [0.25, 0.3) is 0 Å². The fraction of sp³-hybridized carbons (Fsp3) is 0.696. The predicted octanol–water partition coefficient (Wildman–Crippen LogP) is -5.25. The minimum Gasteiger partial charge on any atom is -0.391 e. The van der Waals surface area contributed by atoms with Gasteiger partial charge in [-0.2, -0.15) is 0 Å². The van der Waals surface area contributed by atoms with Crippen LogP contribution in [0.15, 0.2) is 30.3 Å². The number of benzene rings is 1. The van der Waals surface area contributed by atoms with Crippen LogP contribution in [0.5, 0.6) is 0 Å². The number of nitrogens with one attached hydrogen (secondary N) is 11. The molecule has 0 aromatic heterocycles. The molecule has 1 saturated heterocycles. The maximum Gasteiger partial charge on any atom is 0.245 e. The van der Waals surface area contributed by atoms with Crippen molar-refractivity contribution in [2.75, 3.05) is 39.3 Å². The van der Waals surface area contributed by atoms with Gasteiger partial charge in [-0.1, -0.05) is 77.3 Å². The zero-order valence-electron chi connectivity index (χ0n) is 50.5. The van der Waals surface area contributed by atoms with Crippen molar-refractivity contribution in [3.63, 3.8) is 0 Å². The molecule has 0 bridgehead atoms. The maximum atomic E-state index is 14.5. The minimum absolute atomic E-state index is 0. The SMILES string of the molecule is CCC(C)CCCCC(=O)N[C@@H](CCN)C(=O)N[C@H](C(=O)N[C@@H](CCN)C(=O)N[C@H]1CCNC(=O)[C@H]([C@@H](C)O)NC(=O)[C@H](CCN)NC(=O)[C@H](CCN)NC(=O)[C@H](CC(C)C)NC(=O)[C@@H](Cc2ccccc2)NC(=O)[C@H](CCN)NC1=O)[C@@H](C)O.[Cu]. The monoisotopic (exact) mass is 1270 g/mol. The van der Waals surface area contributed by atoms with E-state index in [-0.39, 0.29) is 107 Å². The van der Waals surface area contributed by atoms with Crippen molar-refractivity contribution in [1.29, 1.82) is 0 Å². The number of hydrogen-bond donors (Lipinski definition) is 18. The van der Waals surface area contributed by atoms with Crippen LogP contribution in [0.4, 0.5) is 0 Å². The Kier molecular flexibility index (Phi) is 37.6. The van der Waals surface area contributed by atoms with Gasteiger partial charge in [-0.05, 0) is 115 Å². The normalized spacial score (nSPS) is 22.6. The summed E-state index contributed by atoms with van der Waals surface area (Å²) >= 11 is 0. The molecule has 491 valence electrons. The van der Waals surface area contributed by atoms with Crippen molar-refractivity contribution < 1.29 is 80.0 Å². The van der Waals surface area contributed by atoms with Crippen LogP contribution in [0.2, 0.25) is 0 Å². The number of nitrogens with two attached hydrogens (primary N) is 5. The molecule has 1 aliphatic heterocycles. The second-order valence-electron chi connectivity index (χ2n) is 22.0. The summed E-state index contributed by atoms with van der Waals surface area (Å²) < 4.78 is 0. The number of unbranched alkanes of at least 4 members (excludes halogenated alkanes) is 1. The Morgan fingerprint density at radius 3 is 1.56 bits per heavy atom. The molecule has 1 unspecified atom stereocenters. The first kappa shape index (κ1) is 77.6. The van der Waals surface area contributed by atoms with E-state index in [0.29, 0.717) is 17.9 Å². The van der Waals surface area contributed by atoms with Gasteiger partial charge in [0.05, 0.1) is 12.2 Å². The summed E-state index contributed by atoms with van der Waals surface area (Å²) in [5, 5.41) is 49.7. The van der Waals surface area contributed by atoms with Crippen LogP contribution in [-0.4, -0.2) is 187 Å². The van der Waals surface area contributed by atoms with Gasteiger partial charge in [-0.15, -0.1) is 0 Å². The summed E-state index contributed by atoms with van der Waals surface area (Å²) in [7, 11) is 0. The van der Waals surface area contributed by atoms with E-state index in [1.165, 1.54) is 13.8 Å². The van der Waals surface area contributed by atoms with Gasteiger partial charge < -0.3 is 97.4 Å². The Morgan fingerprint density at radius 2 is 1.06 bits per heavy atom. The minimum atomic E-state index is -1.70. The van der Waals surface area contributed by atoms with E-state index in [2.05, 4.69) is 72.3 Å². The average Bonchev–Trinajstić information content (AvgIpc) is 2.98. The second-order valence-corrected chi connectivity index (χ2v) is 22.0. The van der Waals surface area contributed by atoms with Crippen molar-refractivity contribution in [3.05, 3.63) is 35.9 Å². The number of rotatable bonds is 29. The number of aliphatic hydroxyl groups is 2. The molecule has 1 heterocycles. The summed E-state index contributed by atoms with van der Waals surface area (Å²) in [6.45, 7) is 9.00. The number of amides is 11. The molecule has 0 spiro atoms. The Balaban J connectivity index is 0.0000370. The van der Waals surface area contributed by atoms with Gasteiger partial charge in [0.2, 0.25) is 65.0 Å². The zero-order chi connectivity index (χ0) is 63.8. The molecular weight excluding hydrogens is 1170 g/mol. The van der Waals surface area contributed by atoms with E-state index in [1.807, 2.05) is 0 Å². The maximum absolute atomic E-state index is 14.5. The van der Waals surface area contributed by atoms with Gasteiger partial charge in [-0.25, -0.2) is 0 Å². The summed E-state index contributed by atoms with van der Waals surface area (Å²) in [5.41, 5.74) is 29.9. The van der Waals surface area contributed by atoms with E-state index in [9.17, 15) is 63.0 Å². The van der Waals surface area contributed by atoms with E-state index < -0.39 is 151 Å². The summed E-state index contributed by atoms with van der Waals surface area (Å²) in [4.78, 5) is 154. The smallest absolute Gasteiger partial charge is 0.245 e. The van der Waals surface area contributed by atoms with Gasteiger partial charge in [-0.3, -0.25) is 52.7 Å².